The van der Waals surface area contributed by atoms with Crippen LogP contribution in [0.4, 0.5) is 13.2 Å². The lowest BCUT2D eigenvalue weighted by molar-refractivity contribution is -0.141. The molecular weight excluding hydrogens is 351 g/mol. The molecule has 1 heterocycles. The number of halogens is 3. The van der Waals surface area contributed by atoms with Crippen LogP contribution in [-0.4, -0.2) is 27.2 Å². The number of nitrogens with one attached hydrogen (secondary N) is 1. The van der Waals surface area contributed by atoms with E-state index < -0.39 is 17.1 Å². The molecule has 1 unspecified atom stereocenters. The SMILES string of the molecule is CC(C)NC(=O)C(C)Sc1nc(-c2ccccc2)cc(C(F)(F)F)n1. The van der Waals surface area contributed by atoms with Gasteiger partial charge in [0.05, 0.1) is 10.9 Å². The second kappa shape index (κ2) is 7.86. The summed E-state index contributed by atoms with van der Waals surface area (Å²) in [4.78, 5) is 19.8. The number of amides is 1. The van der Waals surface area contributed by atoms with Gasteiger partial charge in [-0.25, -0.2) is 9.97 Å². The summed E-state index contributed by atoms with van der Waals surface area (Å²) in [6.45, 7) is 5.22. The van der Waals surface area contributed by atoms with Crippen molar-refractivity contribution >= 4 is 17.7 Å². The fourth-order valence-electron chi connectivity index (χ4n) is 1.99. The summed E-state index contributed by atoms with van der Waals surface area (Å²) in [7, 11) is 0. The third kappa shape index (κ3) is 5.45. The molecule has 0 saturated heterocycles. The van der Waals surface area contributed by atoms with E-state index in [9.17, 15) is 18.0 Å². The standard InChI is InChI=1S/C17H18F3N3OS/c1-10(2)21-15(24)11(3)25-16-22-13(12-7-5-4-6-8-12)9-14(23-16)17(18,19)20/h4-11H,1-3H3,(H,21,24). The number of rotatable bonds is 5. The summed E-state index contributed by atoms with van der Waals surface area (Å²) >= 11 is 0.899. The van der Waals surface area contributed by atoms with Crippen LogP contribution in [0, 0.1) is 0 Å². The van der Waals surface area contributed by atoms with Crippen molar-refractivity contribution in [2.24, 2.45) is 0 Å². The van der Waals surface area contributed by atoms with E-state index >= 15 is 0 Å². The van der Waals surface area contributed by atoms with E-state index in [0.29, 0.717) is 5.56 Å². The largest absolute Gasteiger partial charge is 0.433 e. The van der Waals surface area contributed by atoms with Crippen molar-refractivity contribution in [2.75, 3.05) is 0 Å². The Hall–Kier alpha value is -2.09. The lowest BCUT2D eigenvalue weighted by Gasteiger charge is -2.15. The molecule has 2 rings (SSSR count). The summed E-state index contributed by atoms with van der Waals surface area (Å²) in [6, 6.07) is 9.41. The molecule has 4 nitrogen and oxygen atoms in total. The van der Waals surface area contributed by atoms with Crippen LogP contribution in [0.5, 0.6) is 0 Å². The molecule has 8 heteroatoms. The van der Waals surface area contributed by atoms with Crippen LogP contribution >= 0.6 is 11.8 Å². The Labute approximate surface area is 148 Å². The number of carbonyl (C=O) groups excluding carboxylic acids is 1. The maximum absolute atomic E-state index is 13.2. The van der Waals surface area contributed by atoms with E-state index in [2.05, 4.69) is 15.3 Å². The van der Waals surface area contributed by atoms with Gasteiger partial charge in [0, 0.05) is 11.6 Å². The molecule has 0 fully saturated rings. The number of alkyl halides is 3. The van der Waals surface area contributed by atoms with Gasteiger partial charge in [0.25, 0.3) is 0 Å². The molecule has 0 aliphatic heterocycles. The van der Waals surface area contributed by atoms with Crippen molar-refractivity contribution < 1.29 is 18.0 Å². The molecule has 1 N–H and O–H groups in total. The maximum atomic E-state index is 13.2. The van der Waals surface area contributed by atoms with Gasteiger partial charge in [-0.15, -0.1) is 0 Å². The van der Waals surface area contributed by atoms with Gasteiger partial charge in [-0.2, -0.15) is 13.2 Å². The summed E-state index contributed by atoms with van der Waals surface area (Å²) in [6.07, 6.45) is -4.59. The molecular formula is C17H18F3N3OS. The molecule has 0 bridgehead atoms. The molecule has 0 aliphatic carbocycles. The Balaban J connectivity index is 2.36. The zero-order valence-electron chi connectivity index (χ0n) is 14.0. The van der Waals surface area contributed by atoms with Crippen LogP contribution in [0.3, 0.4) is 0 Å². The Morgan fingerprint density at radius 2 is 1.76 bits per heavy atom. The molecule has 1 aromatic heterocycles. The first-order valence-corrected chi connectivity index (χ1v) is 8.53. The molecule has 1 amide bonds. The highest BCUT2D eigenvalue weighted by molar-refractivity contribution is 8.00. The summed E-state index contributed by atoms with van der Waals surface area (Å²) in [5.41, 5.74) is -0.307. The van der Waals surface area contributed by atoms with Gasteiger partial charge in [-0.05, 0) is 26.8 Å². The van der Waals surface area contributed by atoms with E-state index in [1.165, 1.54) is 0 Å². The van der Waals surface area contributed by atoms with Crippen LogP contribution in [0.25, 0.3) is 11.3 Å². The maximum Gasteiger partial charge on any atom is 0.433 e. The Bertz CT molecular complexity index is 736. The summed E-state index contributed by atoms with van der Waals surface area (Å²) in [5.74, 6) is -0.276. The number of benzene rings is 1. The van der Waals surface area contributed by atoms with Gasteiger partial charge in [0.1, 0.15) is 5.69 Å². The third-order valence-electron chi connectivity index (χ3n) is 3.15. The second-order valence-corrected chi connectivity index (χ2v) is 7.02. The zero-order valence-corrected chi connectivity index (χ0v) is 14.8. The van der Waals surface area contributed by atoms with E-state index in [4.69, 9.17) is 0 Å². The van der Waals surface area contributed by atoms with Crippen molar-refractivity contribution in [3.8, 4) is 11.3 Å². The highest BCUT2D eigenvalue weighted by Crippen LogP contribution is 2.32. The minimum Gasteiger partial charge on any atom is -0.353 e. The Kier molecular flexibility index (Phi) is 6.05. The monoisotopic (exact) mass is 369 g/mol. The number of nitrogens with zero attached hydrogens (tertiary/aromatic N) is 2. The van der Waals surface area contributed by atoms with Crippen molar-refractivity contribution in [2.45, 2.75) is 43.4 Å². The van der Waals surface area contributed by atoms with Crippen LogP contribution in [0.1, 0.15) is 26.5 Å². The minimum atomic E-state index is -4.59. The van der Waals surface area contributed by atoms with Crippen LogP contribution in [0.15, 0.2) is 41.6 Å². The molecule has 2 aromatic rings. The van der Waals surface area contributed by atoms with Gasteiger partial charge in [-0.3, -0.25) is 4.79 Å². The molecule has 0 spiro atoms. The molecule has 0 aliphatic rings. The fraction of sp³-hybridized carbons (Fsp3) is 0.353. The van der Waals surface area contributed by atoms with Gasteiger partial charge in [0.2, 0.25) is 5.91 Å². The van der Waals surface area contributed by atoms with Crippen molar-refractivity contribution in [1.82, 2.24) is 15.3 Å². The Morgan fingerprint density at radius 1 is 1.12 bits per heavy atom. The summed E-state index contributed by atoms with van der Waals surface area (Å²) in [5, 5.41) is 2.02. The number of thioether (sulfide) groups is 1. The lowest BCUT2D eigenvalue weighted by Crippen LogP contribution is -2.36. The smallest absolute Gasteiger partial charge is 0.353 e. The van der Waals surface area contributed by atoms with Crippen molar-refractivity contribution in [3.05, 3.63) is 42.1 Å². The highest BCUT2D eigenvalue weighted by Gasteiger charge is 2.34. The van der Waals surface area contributed by atoms with E-state index in [0.717, 1.165) is 17.8 Å². The minimum absolute atomic E-state index is 0.0575. The molecule has 0 radical (unpaired) electrons. The number of hydrogen-bond donors (Lipinski definition) is 1. The lowest BCUT2D eigenvalue weighted by atomic mass is 10.1. The Morgan fingerprint density at radius 3 is 2.32 bits per heavy atom. The average molecular weight is 369 g/mol. The van der Waals surface area contributed by atoms with E-state index in [1.807, 2.05) is 13.8 Å². The predicted molar refractivity (Wildman–Crippen MR) is 91.1 cm³/mol. The first-order chi connectivity index (χ1) is 11.7. The van der Waals surface area contributed by atoms with E-state index in [-0.39, 0.29) is 22.8 Å². The fourth-order valence-corrected chi connectivity index (χ4v) is 2.79. The number of hydrogen-bond acceptors (Lipinski definition) is 4. The van der Waals surface area contributed by atoms with Crippen molar-refractivity contribution in [3.63, 3.8) is 0 Å². The highest BCUT2D eigenvalue weighted by atomic mass is 32.2. The van der Waals surface area contributed by atoms with Gasteiger partial charge in [-0.1, -0.05) is 42.1 Å². The first kappa shape index (κ1) is 19.2. The second-order valence-electron chi connectivity index (χ2n) is 5.71. The first-order valence-electron chi connectivity index (χ1n) is 7.65. The van der Waals surface area contributed by atoms with Gasteiger partial charge in [0.15, 0.2) is 5.16 Å². The van der Waals surface area contributed by atoms with Crippen molar-refractivity contribution in [1.29, 1.82) is 0 Å². The molecule has 0 saturated carbocycles. The molecule has 134 valence electrons. The quantitative estimate of drug-likeness (QED) is 0.635. The third-order valence-corrected chi connectivity index (χ3v) is 4.11. The topological polar surface area (TPSA) is 54.9 Å². The molecule has 1 aromatic carbocycles. The number of aromatic nitrogens is 2. The summed E-state index contributed by atoms with van der Waals surface area (Å²) < 4.78 is 39.5. The average Bonchev–Trinajstić information content (AvgIpc) is 2.54. The van der Waals surface area contributed by atoms with Crippen LogP contribution < -0.4 is 5.32 Å². The number of carbonyl (C=O) groups is 1. The predicted octanol–water partition coefficient (Wildman–Crippen LogP) is 4.17. The molecule has 1 atom stereocenters. The van der Waals surface area contributed by atoms with Crippen LogP contribution in [-0.2, 0) is 11.0 Å². The molecule has 25 heavy (non-hydrogen) atoms. The van der Waals surface area contributed by atoms with E-state index in [1.54, 1.807) is 37.3 Å². The van der Waals surface area contributed by atoms with Crippen LogP contribution in [0.2, 0.25) is 0 Å². The normalized spacial score (nSPS) is 12.9. The zero-order chi connectivity index (χ0) is 18.6. The van der Waals surface area contributed by atoms with Gasteiger partial charge < -0.3 is 5.32 Å². The van der Waals surface area contributed by atoms with Gasteiger partial charge >= 0.3 is 6.18 Å².